The van der Waals surface area contributed by atoms with Crippen LogP contribution >= 0.6 is 0 Å². The maximum atomic E-state index is 5.19. The van der Waals surface area contributed by atoms with Gasteiger partial charge in [-0.05, 0) is 37.0 Å². The van der Waals surface area contributed by atoms with Gasteiger partial charge in [0.15, 0.2) is 0 Å². The fraction of sp³-hybridized carbons (Fsp3) is 0.467. The summed E-state index contributed by atoms with van der Waals surface area (Å²) in [6.07, 6.45) is 10.7. The largest absolute Gasteiger partial charge is 0.497 e. The molecule has 0 unspecified atom stereocenters. The third-order valence-corrected chi connectivity index (χ3v) is 2.63. The topological polar surface area (TPSA) is 9.23 Å². The lowest BCUT2D eigenvalue weighted by atomic mass is 10.1. The maximum Gasteiger partial charge on any atom is 0.119 e. The van der Waals surface area contributed by atoms with E-state index in [9.17, 15) is 0 Å². The number of hydrogen-bond donors (Lipinski definition) is 0. The summed E-state index contributed by atoms with van der Waals surface area (Å²) in [5.41, 5.74) is 1.31. The van der Waals surface area contributed by atoms with Crippen molar-refractivity contribution in [2.75, 3.05) is 7.11 Å². The van der Waals surface area contributed by atoms with Gasteiger partial charge < -0.3 is 4.74 Å². The highest BCUT2D eigenvalue weighted by Crippen LogP contribution is 2.13. The van der Waals surface area contributed by atoms with E-state index in [1.165, 1.54) is 31.2 Å². The van der Waals surface area contributed by atoms with Crippen molar-refractivity contribution in [1.29, 1.82) is 0 Å². The van der Waals surface area contributed by atoms with E-state index in [1.54, 1.807) is 7.11 Å². The minimum Gasteiger partial charge on any atom is -0.497 e. The number of methoxy groups -OCH3 is 1. The molecule has 0 atom stereocenters. The molecule has 88 valence electrons. The molecule has 1 heteroatoms. The average Bonchev–Trinajstić information content (AvgIpc) is 2.34. The van der Waals surface area contributed by atoms with Crippen molar-refractivity contribution in [2.45, 2.75) is 39.0 Å². The fourth-order valence-corrected chi connectivity index (χ4v) is 1.65. The zero-order valence-electron chi connectivity index (χ0n) is 10.4. The maximum absolute atomic E-state index is 5.19. The van der Waals surface area contributed by atoms with Gasteiger partial charge >= 0.3 is 0 Å². The van der Waals surface area contributed by atoms with Crippen LogP contribution < -0.4 is 4.74 Å². The molecular weight excluding hydrogens is 196 g/mol. The minimum atomic E-state index is 0.942. The van der Waals surface area contributed by atoms with Gasteiger partial charge in [-0.1, -0.05) is 44.1 Å². The summed E-state index contributed by atoms with van der Waals surface area (Å²) < 4.78 is 5.19. The molecule has 0 aromatic heterocycles. The number of unbranched alkanes of at least 4 members (excludes halogenated alkanes) is 3. The lowest BCUT2D eigenvalue weighted by molar-refractivity contribution is 0.414. The van der Waals surface area contributed by atoms with E-state index in [4.69, 9.17) is 4.74 Å². The van der Waals surface area contributed by atoms with Crippen molar-refractivity contribution in [3.8, 4) is 5.75 Å². The normalized spacial score (nSPS) is 10.9. The highest BCUT2D eigenvalue weighted by Gasteiger charge is 1.92. The Morgan fingerprint density at radius 2 is 2.06 bits per heavy atom. The molecule has 0 spiro atoms. The lowest BCUT2D eigenvalue weighted by Gasteiger charge is -2.01. The van der Waals surface area contributed by atoms with Crippen molar-refractivity contribution >= 4 is 0 Å². The standard InChI is InChI=1S/C15H22O/c1-3-4-5-6-7-8-10-14-11-9-12-15(13-14)16-2/h7-9,11-13H,3-6,10H2,1-2H3/b8-7+. The first-order chi connectivity index (χ1) is 7.86. The molecule has 1 aromatic rings. The second-order valence-electron chi connectivity index (χ2n) is 4.02. The van der Waals surface area contributed by atoms with Crippen LogP contribution in [0, 0.1) is 0 Å². The van der Waals surface area contributed by atoms with Crippen LogP contribution in [0.4, 0.5) is 0 Å². The molecule has 1 rings (SSSR count). The van der Waals surface area contributed by atoms with E-state index in [0.717, 1.165) is 12.2 Å². The van der Waals surface area contributed by atoms with E-state index in [2.05, 4.69) is 31.2 Å². The smallest absolute Gasteiger partial charge is 0.119 e. The predicted molar refractivity (Wildman–Crippen MR) is 70.0 cm³/mol. The van der Waals surface area contributed by atoms with Gasteiger partial charge in [0.05, 0.1) is 7.11 Å². The molecular formula is C15H22O. The molecule has 0 aliphatic rings. The van der Waals surface area contributed by atoms with Crippen LogP contribution in [0.25, 0.3) is 0 Å². The molecule has 0 amide bonds. The monoisotopic (exact) mass is 218 g/mol. The fourth-order valence-electron chi connectivity index (χ4n) is 1.65. The van der Waals surface area contributed by atoms with Gasteiger partial charge in [0.1, 0.15) is 5.75 Å². The van der Waals surface area contributed by atoms with Gasteiger partial charge in [-0.2, -0.15) is 0 Å². The second-order valence-corrected chi connectivity index (χ2v) is 4.02. The zero-order valence-corrected chi connectivity index (χ0v) is 10.4. The van der Waals surface area contributed by atoms with Crippen LogP contribution in [-0.4, -0.2) is 7.11 Å². The molecule has 0 N–H and O–H groups in total. The zero-order chi connectivity index (χ0) is 11.6. The number of benzene rings is 1. The van der Waals surface area contributed by atoms with Gasteiger partial charge in [0.2, 0.25) is 0 Å². The molecule has 0 heterocycles. The Labute approximate surface area is 99.1 Å². The van der Waals surface area contributed by atoms with Gasteiger partial charge in [0.25, 0.3) is 0 Å². The highest BCUT2D eigenvalue weighted by atomic mass is 16.5. The Morgan fingerprint density at radius 1 is 1.19 bits per heavy atom. The quantitative estimate of drug-likeness (QED) is 0.487. The van der Waals surface area contributed by atoms with Crippen molar-refractivity contribution < 1.29 is 4.74 Å². The summed E-state index contributed by atoms with van der Waals surface area (Å²) in [5.74, 6) is 0.942. The summed E-state index contributed by atoms with van der Waals surface area (Å²) in [5, 5.41) is 0. The van der Waals surface area contributed by atoms with E-state index >= 15 is 0 Å². The summed E-state index contributed by atoms with van der Waals surface area (Å²) in [6.45, 7) is 2.24. The van der Waals surface area contributed by atoms with E-state index < -0.39 is 0 Å². The number of ether oxygens (including phenoxy) is 1. The van der Waals surface area contributed by atoms with Gasteiger partial charge in [-0.15, -0.1) is 0 Å². The van der Waals surface area contributed by atoms with Crippen LogP contribution in [0.5, 0.6) is 5.75 Å². The van der Waals surface area contributed by atoms with Crippen LogP contribution in [0.2, 0.25) is 0 Å². The number of allylic oxidation sites excluding steroid dienone is 2. The number of rotatable bonds is 7. The third-order valence-electron chi connectivity index (χ3n) is 2.63. The first kappa shape index (κ1) is 12.8. The van der Waals surface area contributed by atoms with Crippen molar-refractivity contribution in [1.82, 2.24) is 0 Å². The molecule has 0 saturated heterocycles. The molecule has 0 aliphatic carbocycles. The minimum absolute atomic E-state index is 0.942. The highest BCUT2D eigenvalue weighted by molar-refractivity contribution is 5.29. The Bertz CT molecular complexity index is 315. The van der Waals surface area contributed by atoms with Crippen molar-refractivity contribution in [3.63, 3.8) is 0 Å². The van der Waals surface area contributed by atoms with E-state index in [1.807, 2.05) is 12.1 Å². The lowest BCUT2D eigenvalue weighted by Crippen LogP contribution is -1.85. The predicted octanol–water partition coefficient (Wildman–Crippen LogP) is 4.37. The summed E-state index contributed by atoms with van der Waals surface area (Å²) in [6, 6.07) is 8.25. The Balaban J connectivity index is 2.30. The van der Waals surface area contributed by atoms with Crippen LogP contribution in [0.15, 0.2) is 36.4 Å². The van der Waals surface area contributed by atoms with Crippen molar-refractivity contribution in [3.05, 3.63) is 42.0 Å². The van der Waals surface area contributed by atoms with Crippen molar-refractivity contribution in [2.24, 2.45) is 0 Å². The Morgan fingerprint density at radius 3 is 2.81 bits per heavy atom. The van der Waals surface area contributed by atoms with E-state index in [0.29, 0.717) is 0 Å². The first-order valence-corrected chi connectivity index (χ1v) is 6.14. The van der Waals surface area contributed by atoms with Gasteiger partial charge in [0, 0.05) is 0 Å². The van der Waals surface area contributed by atoms with Crippen LogP contribution in [-0.2, 0) is 6.42 Å². The second kappa shape index (κ2) is 7.98. The molecule has 0 aliphatic heterocycles. The van der Waals surface area contributed by atoms with Gasteiger partial charge in [-0.25, -0.2) is 0 Å². The summed E-state index contributed by atoms with van der Waals surface area (Å²) >= 11 is 0. The SMILES string of the molecule is CCCCC/C=C/Cc1cccc(OC)c1. The molecule has 0 radical (unpaired) electrons. The van der Waals surface area contributed by atoms with Gasteiger partial charge in [-0.3, -0.25) is 0 Å². The molecule has 16 heavy (non-hydrogen) atoms. The summed E-state index contributed by atoms with van der Waals surface area (Å²) in [7, 11) is 1.71. The molecule has 0 fully saturated rings. The summed E-state index contributed by atoms with van der Waals surface area (Å²) in [4.78, 5) is 0. The Hall–Kier alpha value is -1.24. The average molecular weight is 218 g/mol. The van der Waals surface area contributed by atoms with Crippen LogP contribution in [0.1, 0.15) is 38.2 Å². The molecule has 0 bridgehead atoms. The van der Waals surface area contributed by atoms with Crippen LogP contribution in [0.3, 0.4) is 0 Å². The van der Waals surface area contributed by atoms with E-state index in [-0.39, 0.29) is 0 Å². The first-order valence-electron chi connectivity index (χ1n) is 6.14. The third kappa shape index (κ3) is 5.01. The molecule has 1 nitrogen and oxygen atoms in total. The Kier molecular flexibility index (Phi) is 6.39. The molecule has 0 saturated carbocycles. The number of hydrogen-bond acceptors (Lipinski definition) is 1. The molecule has 1 aromatic carbocycles.